The van der Waals surface area contributed by atoms with Crippen LogP contribution in [0.25, 0.3) is 0 Å². The van der Waals surface area contributed by atoms with Gasteiger partial charge in [0.2, 0.25) is 0 Å². The molecule has 1 aromatic rings. The normalized spacial score (nSPS) is 20.7. The molecule has 0 spiro atoms. The van der Waals surface area contributed by atoms with E-state index in [9.17, 15) is 0 Å². The summed E-state index contributed by atoms with van der Waals surface area (Å²) in [5.74, 6) is 2.60. The van der Waals surface area contributed by atoms with Crippen LogP contribution in [-0.4, -0.2) is 24.1 Å². The summed E-state index contributed by atoms with van der Waals surface area (Å²) in [4.78, 5) is 0. The van der Waals surface area contributed by atoms with Gasteiger partial charge in [0, 0.05) is 16.8 Å². The minimum absolute atomic E-state index is 0.738. The summed E-state index contributed by atoms with van der Waals surface area (Å²) in [6.45, 7) is 1.08. The highest BCUT2D eigenvalue weighted by Gasteiger charge is 2.13. The van der Waals surface area contributed by atoms with Crippen LogP contribution in [0.1, 0.15) is 12.0 Å². The van der Waals surface area contributed by atoms with Crippen molar-refractivity contribution < 1.29 is 0 Å². The van der Waals surface area contributed by atoms with E-state index in [0.29, 0.717) is 0 Å². The van der Waals surface area contributed by atoms with Crippen molar-refractivity contribution in [1.29, 1.82) is 0 Å². The highest BCUT2D eigenvalue weighted by atomic mass is 35.5. The van der Waals surface area contributed by atoms with Gasteiger partial charge < -0.3 is 5.32 Å². The Balaban J connectivity index is 1.71. The Kier molecular flexibility index (Phi) is 4.36. The average Bonchev–Trinajstić information content (AvgIpc) is 2.74. The summed E-state index contributed by atoms with van der Waals surface area (Å²) in [6, 6.07) is 8.87. The van der Waals surface area contributed by atoms with E-state index in [1.165, 1.54) is 23.5 Å². The van der Waals surface area contributed by atoms with Crippen molar-refractivity contribution in [2.45, 2.75) is 18.9 Å². The highest BCUT2D eigenvalue weighted by molar-refractivity contribution is 7.99. The van der Waals surface area contributed by atoms with E-state index in [0.717, 1.165) is 24.0 Å². The monoisotopic (exact) mass is 241 g/mol. The number of thioether (sulfide) groups is 1. The van der Waals surface area contributed by atoms with Crippen LogP contribution >= 0.6 is 23.4 Å². The smallest absolute Gasteiger partial charge is 0.0406 e. The molecule has 82 valence electrons. The zero-order valence-electron chi connectivity index (χ0n) is 8.71. The molecule has 1 unspecified atom stereocenters. The third kappa shape index (κ3) is 3.71. The van der Waals surface area contributed by atoms with Gasteiger partial charge in [0.1, 0.15) is 0 Å². The van der Waals surface area contributed by atoms with Crippen molar-refractivity contribution in [3.8, 4) is 0 Å². The first-order valence-corrected chi connectivity index (χ1v) is 6.93. The van der Waals surface area contributed by atoms with E-state index in [2.05, 4.69) is 29.2 Å². The van der Waals surface area contributed by atoms with Gasteiger partial charge in [-0.3, -0.25) is 0 Å². The van der Waals surface area contributed by atoms with Crippen LogP contribution in [0.5, 0.6) is 0 Å². The molecule has 0 radical (unpaired) electrons. The lowest BCUT2D eigenvalue weighted by molar-refractivity contribution is 0.560. The maximum absolute atomic E-state index is 5.83. The van der Waals surface area contributed by atoms with Crippen LogP contribution in [0, 0.1) is 0 Å². The van der Waals surface area contributed by atoms with Gasteiger partial charge in [-0.1, -0.05) is 23.7 Å². The molecular formula is C12H16ClNS. The Labute approximate surface area is 101 Å². The van der Waals surface area contributed by atoms with Gasteiger partial charge in [0.15, 0.2) is 0 Å². The minimum Gasteiger partial charge on any atom is -0.313 e. The van der Waals surface area contributed by atoms with Crippen molar-refractivity contribution in [2.24, 2.45) is 0 Å². The van der Waals surface area contributed by atoms with Crippen molar-refractivity contribution in [1.82, 2.24) is 5.32 Å². The third-order valence-electron chi connectivity index (χ3n) is 2.69. The van der Waals surface area contributed by atoms with E-state index in [4.69, 9.17) is 11.6 Å². The van der Waals surface area contributed by atoms with Gasteiger partial charge >= 0.3 is 0 Å². The highest BCUT2D eigenvalue weighted by Crippen LogP contribution is 2.17. The predicted molar refractivity (Wildman–Crippen MR) is 68.9 cm³/mol. The molecule has 1 atom stereocenters. The standard InChI is InChI=1S/C12H16ClNS/c13-11-3-1-10(2-4-11)5-7-14-12-6-8-15-9-12/h1-4,12,14H,5-9H2. The first kappa shape index (κ1) is 11.3. The van der Waals surface area contributed by atoms with Crippen LogP contribution in [0.15, 0.2) is 24.3 Å². The number of rotatable bonds is 4. The summed E-state index contributed by atoms with van der Waals surface area (Å²) >= 11 is 7.88. The lowest BCUT2D eigenvalue weighted by Gasteiger charge is -2.10. The fraction of sp³-hybridized carbons (Fsp3) is 0.500. The van der Waals surface area contributed by atoms with Crippen LogP contribution in [0.2, 0.25) is 5.02 Å². The van der Waals surface area contributed by atoms with Gasteiger partial charge in [-0.2, -0.15) is 11.8 Å². The summed E-state index contributed by atoms with van der Waals surface area (Å²) in [6.07, 6.45) is 2.42. The van der Waals surface area contributed by atoms with Crippen LogP contribution < -0.4 is 5.32 Å². The zero-order valence-corrected chi connectivity index (χ0v) is 10.3. The Morgan fingerprint density at radius 3 is 2.80 bits per heavy atom. The number of hydrogen-bond acceptors (Lipinski definition) is 2. The second kappa shape index (κ2) is 5.78. The van der Waals surface area contributed by atoms with Gasteiger partial charge in [-0.25, -0.2) is 0 Å². The molecule has 1 fully saturated rings. The molecule has 0 amide bonds. The second-order valence-corrected chi connectivity index (χ2v) is 5.48. The molecule has 0 aromatic heterocycles. The van der Waals surface area contributed by atoms with Gasteiger partial charge in [0.25, 0.3) is 0 Å². The Morgan fingerprint density at radius 2 is 2.13 bits per heavy atom. The molecule has 1 aliphatic rings. The summed E-state index contributed by atoms with van der Waals surface area (Å²) in [7, 11) is 0. The predicted octanol–water partition coefficient (Wildman–Crippen LogP) is 2.98. The number of nitrogens with one attached hydrogen (secondary N) is 1. The third-order valence-corrected chi connectivity index (χ3v) is 4.10. The first-order valence-electron chi connectivity index (χ1n) is 5.40. The van der Waals surface area contributed by atoms with Gasteiger partial charge in [0.05, 0.1) is 0 Å². The molecule has 1 saturated heterocycles. The Bertz CT molecular complexity index is 293. The van der Waals surface area contributed by atoms with E-state index in [1.807, 2.05) is 12.1 Å². The molecule has 0 bridgehead atoms. The van der Waals surface area contributed by atoms with Crippen molar-refractivity contribution in [2.75, 3.05) is 18.1 Å². The topological polar surface area (TPSA) is 12.0 Å². The van der Waals surface area contributed by atoms with Crippen LogP contribution in [-0.2, 0) is 6.42 Å². The molecule has 1 N–H and O–H groups in total. The largest absolute Gasteiger partial charge is 0.313 e. The van der Waals surface area contributed by atoms with E-state index in [-0.39, 0.29) is 0 Å². The molecule has 1 aromatic carbocycles. The van der Waals surface area contributed by atoms with E-state index < -0.39 is 0 Å². The number of halogens is 1. The van der Waals surface area contributed by atoms with Crippen molar-refractivity contribution in [3.63, 3.8) is 0 Å². The molecule has 0 saturated carbocycles. The summed E-state index contributed by atoms with van der Waals surface area (Å²) in [5, 5.41) is 4.41. The van der Waals surface area contributed by atoms with Gasteiger partial charge in [-0.05, 0) is 42.8 Å². The molecule has 2 rings (SSSR count). The molecule has 1 nitrogen and oxygen atoms in total. The first-order chi connectivity index (χ1) is 7.34. The second-order valence-electron chi connectivity index (χ2n) is 3.89. The molecule has 3 heteroatoms. The number of benzene rings is 1. The maximum atomic E-state index is 5.83. The minimum atomic E-state index is 0.738. The van der Waals surface area contributed by atoms with Crippen LogP contribution in [0.3, 0.4) is 0 Å². The van der Waals surface area contributed by atoms with E-state index in [1.54, 1.807) is 0 Å². The fourth-order valence-corrected chi connectivity index (χ4v) is 3.08. The molecule has 1 aliphatic heterocycles. The van der Waals surface area contributed by atoms with Crippen molar-refractivity contribution in [3.05, 3.63) is 34.9 Å². The average molecular weight is 242 g/mol. The molecular weight excluding hydrogens is 226 g/mol. The lowest BCUT2D eigenvalue weighted by Crippen LogP contribution is -2.30. The summed E-state index contributed by atoms with van der Waals surface area (Å²) in [5.41, 5.74) is 1.36. The van der Waals surface area contributed by atoms with Crippen molar-refractivity contribution >= 4 is 23.4 Å². The quantitative estimate of drug-likeness (QED) is 0.870. The maximum Gasteiger partial charge on any atom is 0.0406 e. The van der Waals surface area contributed by atoms with Crippen LogP contribution in [0.4, 0.5) is 0 Å². The lowest BCUT2D eigenvalue weighted by atomic mass is 10.1. The van der Waals surface area contributed by atoms with Gasteiger partial charge in [-0.15, -0.1) is 0 Å². The summed E-state index contributed by atoms with van der Waals surface area (Å²) < 4.78 is 0. The van der Waals surface area contributed by atoms with E-state index >= 15 is 0 Å². The Morgan fingerprint density at radius 1 is 1.33 bits per heavy atom. The molecule has 0 aliphatic carbocycles. The zero-order chi connectivity index (χ0) is 10.5. The number of hydrogen-bond donors (Lipinski definition) is 1. The fourth-order valence-electron chi connectivity index (χ4n) is 1.77. The Hall–Kier alpha value is -0.180. The SMILES string of the molecule is Clc1ccc(CCNC2CCSC2)cc1. The molecule has 15 heavy (non-hydrogen) atoms. The molecule has 1 heterocycles.